The molecule has 0 aromatic heterocycles. The summed E-state index contributed by atoms with van der Waals surface area (Å²) in [6, 6.07) is 6.82. The Labute approximate surface area is 97.2 Å². The van der Waals surface area contributed by atoms with E-state index in [4.69, 9.17) is 5.11 Å². The van der Waals surface area contributed by atoms with Crippen molar-refractivity contribution in [2.45, 2.75) is 6.04 Å². The zero-order valence-electron chi connectivity index (χ0n) is 9.04. The monoisotopic (exact) mass is 237 g/mol. The van der Waals surface area contributed by atoms with Gasteiger partial charge in [-0.3, -0.25) is 4.79 Å². The van der Waals surface area contributed by atoms with Crippen molar-refractivity contribution in [2.75, 3.05) is 7.11 Å². The molecule has 17 heavy (non-hydrogen) atoms. The summed E-state index contributed by atoms with van der Waals surface area (Å²) in [5.74, 6) is -2.74. The molecular formula is C11H11NO5. The molecule has 0 radical (unpaired) electrons. The maximum atomic E-state index is 11.4. The second kappa shape index (κ2) is 5.64. The molecule has 90 valence electrons. The topological polar surface area (TPSA) is 92.7 Å². The fourth-order valence-electron chi connectivity index (χ4n) is 1.25. The minimum Gasteiger partial charge on any atom is -0.475 e. The number of benzene rings is 1. The molecule has 2 N–H and O–H groups in total. The fraction of sp³-hybridized carbons (Fsp3) is 0.182. The number of nitrogens with one attached hydrogen (secondary N) is 1. The van der Waals surface area contributed by atoms with Crippen LogP contribution in [0, 0.1) is 0 Å². The molecule has 1 rings (SSSR count). The molecular weight excluding hydrogens is 226 g/mol. The molecule has 0 bridgehead atoms. The molecule has 1 aromatic rings. The van der Waals surface area contributed by atoms with Crippen LogP contribution in [-0.2, 0) is 14.3 Å². The Morgan fingerprint density at radius 2 is 1.82 bits per heavy atom. The van der Waals surface area contributed by atoms with E-state index >= 15 is 0 Å². The van der Waals surface area contributed by atoms with E-state index in [-0.39, 0.29) is 0 Å². The number of carboxylic acid groups (broad SMARTS) is 1. The minimum absolute atomic E-state index is 0.380. The van der Waals surface area contributed by atoms with Gasteiger partial charge in [0.05, 0.1) is 7.11 Å². The molecule has 1 amide bonds. The first-order chi connectivity index (χ1) is 8.06. The van der Waals surface area contributed by atoms with E-state index in [0.717, 1.165) is 7.11 Å². The van der Waals surface area contributed by atoms with Crippen LogP contribution < -0.4 is 5.32 Å². The van der Waals surface area contributed by atoms with Gasteiger partial charge in [-0.2, -0.15) is 0 Å². The lowest BCUT2D eigenvalue weighted by molar-refractivity contribution is -0.150. The van der Waals surface area contributed by atoms with Gasteiger partial charge in [-0.25, -0.2) is 9.59 Å². The van der Waals surface area contributed by atoms with Crippen LogP contribution in [0.3, 0.4) is 0 Å². The molecule has 0 unspecified atom stereocenters. The zero-order valence-corrected chi connectivity index (χ0v) is 9.04. The number of hydrogen-bond acceptors (Lipinski definition) is 4. The van der Waals surface area contributed by atoms with Crippen LogP contribution in [0.25, 0.3) is 0 Å². The number of amides is 1. The maximum absolute atomic E-state index is 11.4. The first-order valence-corrected chi connectivity index (χ1v) is 4.73. The first kappa shape index (κ1) is 12.7. The van der Waals surface area contributed by atoms with Crippen molar-refractivity contribution in [2.24, 2.45) is 0 Å². The summed E-state index contributed by atoms with van der Waals surface area (Å²) < 4.78 is 4.34. The van der Waals surface area contributed by atoms with Crippen molar-refractivity contribution in [1.29, 1.82) is 0 Å². The Kier molecular flexibility index (Phi) is 4.21. The molecule has 0 fully saturated rings. The summed E-state index contributed by atoms with van der Waals surface area (Å²) in [7, 11) is 1.13. The highest BCUT2D eigenvalue weighted by Crippen LogP contribution is 2.13. The van der Waals surface area contributed by atoms with Crippen LogP contribution >= 0.6 is 0 Å². The number of hydrogen-bond donors (Lipinski definition) is 2. The summed E-state index contributed by atoms with van der Waals surface area (Å²) in [6.45, 7) is 0. The Morgan fingerprint density at radius 3 is 2.29 bits per heavy atom. The Balaban J connectivity index is 2.98. The van der Waals surface area contributed by atoms with Crippen molar-refractivity contribution in [3.8, 4) is 0 Å². The first-order valence-electron chi connectivity index (χ1n) is 4.73. The lowest BCUT2D eigenvalue weighted by Gasteiger charge is -2.14. The summed E-state index contributed by atoms with van der Waals surface area (Å²) >= 11 is 0. The van der Waals surface area contributed by atoms with Gasteiger partial charge >= 0.3 is 12.1 Å². The van der Waals surface area contributed by atoms with Crippen LogP contribution in [0.15, 0.2) is 30.3 Å². The number of rotatable bonds is 4. The summed E-state index contributed by atoms with van der Waals surface area (Å²) in [5, 5.41) is 10.8. The highest BCUT2D eigenvalue weighted by Gasteiger charge is 2.28. The highest BCUT2D eigenvalue weighted by atomic mass is 16.5. The summed E-state index contributed by atoms with van der Waals surface area (Å²) in [6.07, 6.45) is -0.867. The van der Waals surface area contributed by atoms with Crippen molar-refractivity contribution in [1.82, 2.24) is 5.32 Å². The van der Waals surface area contributed by atoms with Gasteiger partial charge in [0.2, 0.25) is 0 Å². The Bertz CT molecular complexity index is 429. The minimum atomic E-state index is -1.62. The molecule has 0 heterocycles. The van der Waals surface area contributed by atoms with E-state index in [9.17, 15) is 14.4 Å². The Morgan fingerprint density at radius 1 is 1.24 bits per heavy atom. The molecule has 1 aromatic carbocycles. The number of Topliss-reactive ketones (excluding diaryl/α,β-unsaturated/α-hetero) is 1. The van der Waals surface area contributed by atoms with Crippen molar-refractivity contribution in [3.05, 3.63) is 35.9 Å². The molecule has 0 aliphatic heterocycles. The molecule has 1 atom stereocenters. The number of alkyl carbamates (subject to hydrolysis) is 1. The van der Waals surface area contributed by atoms with E-state index in [2.05, 4.69) is 10.1 Å². The summed E-state index contributed by atoms with van der Waals surface area (Å²) in [5.41, 5.74) is 0.380. The third-order valence-electron chi connectivity index (χ3n) is 2.05. The van der Waals surface area contributed by atoms with Crippen molar-refractivity contribution in [3.63, 3.8) is 0 Å². The molecule has 0 aliphatic carbocycles. The van der Waals surface area contributed by atoms with E-state index < -0.39 is 23.9 Å². The van der Waals surface area contributed by atoms with Gasteiger partial charge in [-0.05, 0) is 5.56 Å². The highest BCUT2D eigenvalue weighted by molar-refractivity contribution is 6.35. The lowest BCUT2D eigenvalue weighted by Crippen LogP contribution is -2.37. The second-order valence-corrected chi connectivity index (χ2v) is 3.15. The third-order valence-corrected chi connectivity index (χ3v) is 2.05. The SMILES string of the molecule is COC(=O)N[C@@H](C(=O)C(=O)O)c1ccccc1. The number of carbonyl (C=O) groups excluding carboxylic acids is 2. The molecule has 6 heteroatoms. The molecule has 0 spiro atoms. The van der Waals surface area contributed by atoms with Crippen LogP contribution in [0.4, 0.5) is 4.79 Å². The normalized spacial score (nSPS) is 11.4. The standard InChI is InChI=1S/C11H11NO5/c1-17-11(16)12-8(9(13)10(14)15)7-5-3-2-4-6-7/h2-6,8H,1H3,(H,12,16)(H,14,15)/t8-/m1/s1. The van der Waals surface area contributed by atoms with Crippen LogP contribution in [0.1, 0.15) is 11.6 Å². The number of aliphatic carboxylic acids is 1. The van der Waals surface area contributed by atoms with E-state index in [0.29, 0.717) is 5.56 Å². The second-order valence-electron chi connectivity index (χ2n) is 3.15. The van der Waals surface area contributed by atoms with Crippen LogP contribution in [0.5, 0.6) is 0 Å². The van der Waals surface area contributed by atoms with Gasteiger partial charge in [0, 0.05) is 0 Å². The van der Waals surface area contributed by atoms with Gasteiger partial charge < -0.3 is 15.2 Å². The molecule has 0 saturated heterocycles. The average molecular weight is 237 g/mol. The third kappa shape index (κ3) is 3.30. The lowest BCUT2D eigenvalue weighted by atomic mass is 10.0. The quantitative estimate of drug-likeness (QED) is 0.753. The number of methoxy groups -OCH3 is 1. The summed E-state index contributed by atoms with van der Waals surface area (Å²) in [4.78, 5) is 33.1. The van der Waals surface area contributed by atoms with E-state index in [1.165, 1.54) is 0 Å². The van der Waals surface area contributed by atoms with Gasteiger partial charge in [-0.1, -0.05) is 30.3 Å². The smallest absolute Gasteiger partial charge is 0.407 e. The zero-order chi connectivity index (χ0) is 12.8. The van der Waals surface area contributed by atoms with Gasteiger partial charge in [0.15, 0.2) is 0 Å². The largest absolute Gasteiger partial charge is 0.475 e. The Hall–Kier alpha value is -2.37. The van der Waals surface area contributed by atoms with E-state index in [1.54, 1.807) is 30.3 Å². The maximum Gasteiger partial charge on any atom is 0.407 e. The van der Waals surface area contributed by atoms with Gasteiger partial charge in [0.1, 0.15) is 6.04 Å². The van der Waals surface area contributed by atoms with E-state index in [1.807, 2.05) is 0 Å². The predicted octanol–water partition coefficient (Wildman–Crippen LogP) is 0.737. The number of carbonyl (C=O) groups is 3. The van der Waals surface area contributed by atoms with Crippen molar-refractivity contribution >= 4 is 17.8 Å². The number of ketones is 1. The number of carboxylic acids is 1. The molecule has 0 aliphatic rings. The van der Waals surface area contributed by atoms with Gasteiger partial charge in [0.25, 0.3) is 5.78 Å². The molecule has 6 nitrogen and oxygen atoms in total. The fourth-order valence-corrected chi connectivity index (χ4v) is 1.25. The number of ether oxygens (including phenoxy) is 1. The van der Waals surface area contributed by atoms with Crippen LogP contribution in [0.2, 0.25) is 0 Å². The molecule has 0 saturated carbocycles. The van der Waals surface area contributed by atoms with Gasteiger partial charge in [-0.15, -0.1) is 0 Å². The predicted molar refractivity (Wildman–Crippen MR) is 57.4 cm³/mol. The van der Waals surface area contributed by atoms with Crippen molar-refractivity contribution < 1.29 is 24.2 Å². The van der Waals surface area contributed by atoms with Crippen LogP contribution in [-0.4, -0.2) is 30.1 Å². The average Bonchev–Trinajstić information content (AvgIpc) is 2.35.